The number of sulfonamides is 1. The van der Waals surface area contributed by atoms with Crippen LogP contribution in [0.3, 0.4) is 0 Å². The van der Waals surface area contributed by atoms with Crippen molar-refractivity contribution in [2.75, 3.05) is 18.0 Å². The monoisotopic (exact) mass is 356 g/mol. The van der Waals surface area contributed by atoms with E-state index < -0.39 is 16.1 Å². The van der Waals surface area contributed by atoms with Crippen LogP contribution in [-0.2, 0) is 14.8 Å². The van der Waals surface area contributed by atoms with Crippen molar-refractivity contribution >= 4 is 33.2 Å². The molecule has 1 atom stereocenters. The number of halogens is 1. The lowest BCUT2D eigenvalue weighted by Crippen LogP contribution is -2.46. The van der Waals surface area contributed by atoms with Crippen molar-refractivity contribution in [3.8, 4) is 0 Å². The molecular weight excluding hydrogens is 336 g/mol. The zero-order valence-corrected chi connectivity index (χ0v) is 15.3. The Morgan fingerprint density at radius 2 is 2.00 bits per heavy atom. The molecule has 0 spiro atoms. The van der Waals surface area contributed by atoms with E-state index in [0.29, 0.717) is 17.3 Å². The van der Waals surface area contributed by atoms with Crippen LogP contribution in [0.5, 0.6) is 0 Å². The first-order valence-electron chi connectivity index (χ1n) is 7.46. The maximum Gasteiger partial charge on any atom is 0.246 e. The van der Waals surface area contributed by atoms with E-state index in [1.165, 1.54) is 15.3 Å². The SMILES string of the molecule is CCN1C(=O)C(C)N(CC=C(C)C)S(=O)(=O)c2cc(Cl)ccc21. The number of carbonyl (C=O) groups is 1. The molecule has 1 aliphatic heterocycles. The van der Waals surface area contributed by atoms with E-state index in [1.54, 1.807) is 25.1 Å². The first kappa shape index (κ1) is 18.0. The van der Waals surface area contributed by atoms with Gasteiger partial charge in [0, 0.05) is 18.1 Å². The summed E-state index contributed by atoms with van der Waals surface area (Å²) in [6.45, 7) is 7.77. The molecule has 0 saturated heterocycles. The summed E-state index contributed by atoms with van der Waals surface area (Å²) in [5.41, 5.74) is 1.37. The first-order valence-corrected chi connectivity index (χ1v) is 9.28. The standard InChI is InChI=1S/C16H21ClN2O3S/c1-5-18-14-7-6-13(17)10-15(14)23(21,22)19(9-8-11(2)3)12(4)16(18)20/h6-8,10,12H,5,9H2,1-4H3. The summed E-state index contributed by atoms with van der Waals surface area (Å²) in [6.07, 6.45) is 1.80. The van der Waals surface area contributed by atoms with Crippen molar-refractivity contribution in [3.05, 3.63) is 34.9 Å². The highest BCUT2D eigenvalue weighted by Gasteiger charge is 2.40. The number of hydrogen-bond donors (Lipinski definition) is 0. The Morgan fingerprint density at radius 3 is 2.57 bits per heavy atom. The molecule has 126 valence electrons. The molecule has 5 nitrogen and oxygen atoms in total. The Bertz CT molecular complexity index is 755. The number of carbonyl (C=O) groups excluding carboxylic acids is 1. The minimum Gasteiger partial charge on any atom is -0.310 e. The molecule has 2 rings (SSSR count). The molecular formula is C16H21ClN2O3S. The third kappa shape index (κ3) is 3.29. The minimum atomic E-state index is -3.82. The molecule has 0 aromatic heterocycles. The number of hydrogen-bond acceptors (Lipinski definition) is 3. The average Bonchev–Trinajstić information content (AvgIpc) is 2.52. The highest BCUT2D eigenvalue weighted by Crippen LogP contribution is 2.35. The van der Waals surface area contributed by atoms with E-state index >= 15 is 0 Å². The van der Waals surface area contributed by atoms with E-state index in [0.717, 1.165) is 5.57 Å². The average molecular weight is 357 g/mol. The lowest BCUT2D eigenvalue weighted by atomic mass is 10.2. The molecule has 1 aliphatic rings. The van der Waals surface area contributed by atoms with Gasteiger partial charge in [0.05, 0.1) is 5.69 Å². The van der Waals surface area contributed by atoms with Gasteiger partial charge in [0.25, 0.3) is 0 Å². The molecule has 0 N–H and O–H groups in total. The number of rotatable bonds is 3. The minimum absolute atomic E-state index is 0.0757. The highest BCUT2D eigenvalue weighted by molar-refractivity contribution is 7.89. The van der Waals surface area contributed by atoms with Crippen LogP contribution in [0.4, 0.5) is 5.69 Å². The Balaban J connectivity index is 2.70. The summed E-state index contributed by atoms with van der Waals surface area (Å²) in [5, 5.41) is 0.326. The highest BCUT2D eigenvalue weighted by atomic mass is 35.5. The number of allylic oxidation sites excluding steroid dienone is 1. The fourth-order valence-electron chi connectivity index (χ4n) is 2.57. The maximum absolute atomic E-state index is 13.1. The van der Waals surface area contributed by atoms with E-state index in [9.17, 15) is 13.2 Å². The van der Waals surface area contributed by atoms with Gasteiger partial charge in [-0.25, -0.2) is 8.42 Å². The summed E-state index contributed by atoms with van der Waals surface area (Å²) >= 11 is 6.00. The number of likely N-dealkylation sites (N-methyl/N-ethyl adjacent to an activating group) is 1. The molecule has 0 saturated carbocycles. The first-order chi connectivity index (χ1) is 10.7. The molecule has 7 heteroatoms. The van der Waals surface area contributed by atoms with Crippen LogP contribution < -0.4 is 4.90 Å². The third-order valence-electron chi connectivity index (χ3n) is 3.85. The molecule has 1 aromatic rings. The molecule has 1 aromatic carbocycles. The molecule has 0 radical (unpaired) electrons. The van der Waals surface area contributed by atoms with Gasteiger partial charge in [0.15, 0.2) is 0 Å². The molecule has 1 heterocycles. The molecule has 0 fully saturated rings. The second-order valence-electron chi connectivity index (χ2n) is 5.73. The lowest BCUT2D eigenvalue weighted by molar-refractivity contribution is -0.121. The summed E-state index contributed by atoms with van der Waals surface area (Å²) in [4.78, 5) is 14.3. The smallest absolute Gasteiger partial charge is 0.246 e. The van der Waals surface area contributed by atoms with E-state index in [2.05, 4.69) is 0 Å². The van der Waals surface area contributed by atoms with Gasteiger partial charge in [-0.2, -0.15) is 4.31 Å². The van der Waals surface area contributed by atoms with E-state index in [-0.39, 0.29) is 17.3 Å². The van der Waals surface area contributed by atoms with Crippen molar-refractivity contribution in [2.24, 2.45) is 0 Å². The number of nitrogens with zero attached hydrogens (tertiary/aromatic N) is 2. The second kappa shape index (κ2) is 6.63. The summed E-state index contributed by atoms with van der Waals surface area (Å²) in [7, 11) is -3.82. The summed E-state index contributed by atoms with van der Waals surface area (Å²) in [5.74, 6) is -0.237. The Labute approximate surface area is 142 Å². The lowest BCUT2D eigenvalue weighted by Gasteiger charge is -2.25. The van der Waals surface area contributed by atoms with Gasteiger partial charge >= 0.3 is 0 Å². The number of fused-ring (bicyclic) bond motifs is 1. The molecule has 1 unspecified atom stereocenters. The van der Waals surface area contributed by atoms with Gasteiger partial charge in [-0.1, -0.05) is 23.3 Å². The van der Waals surface area contributed by atoms with Crippen molar-refractivity contribution in [1.82, 2.24) is 4.31 Å². The van der Waals surface area contributed by atoms with Crippen LogP contribution >= 0.6 is 11.6 Å². The van der Waals surface area contributed by atoms with Crippen LogP contribution in [0.25, 0.3) is 0 Å². The molecule has 0 aliphatic carbocycles. The maximum atomic E-state index is 13.1. The quantitative estimate of drug-likeness (QED) is 0.782. The van der Waals surface area contributed by atoms with Crippen LogP contribution in [-0.4, -0.2) is 37.8 Å². The van der Waals surface area contributed by atoms with Crippen LogP contribution in [0.2, 0.25) is 5.02 Å². The van der Waals surface area contributed by atoms with Gasteiger partial charge < -0.3 is 4.90 Å². The van der Waals surface area contributed by atoms with Crippen molar-refractivity contribution in [2.45, 2.75) is 38.6 Å². The topological polar surface area (TPSA) is 57.7 Å². The van der Waals surface area contributed by atoms with Gasteiger partial charge in [0.2, 0.25) is 15.9 Å². The Hall–Kier alpha value is -1.37. The number of anilines is 1. The molecule has 0 bridgehead atoms. The fraction of sp³-hybridized carbons (Fsp3) is 0.438. The van der Waals surface area contributed by atoms with Gasteiger partial charge in [0.1, 0.15) is 10.9 Å². The normalized spacial score (nSPS) is 20.8. The Kier molecular flexibility index (Phi) is 5.18. The zero-order valence-electron chi connectivity index (χ0n) is 13.7. The van der Waals surface area contributed by atoms with E-state index in [1.807, 2.05) is 20.8 Å². The van der Waals surface area contributed by atoms with E-state index in [4.69, 9.17) is 11.6 Å². The summed E-state index contributed by atoms with van der Waals surface area (Å²) < 4.78 is 27.4. The summed E-state index contributed by atoms with van der Waals surface area (Å²) in [6, 6.07) is 3.83. The second-order valence-corrected chi connectivity index (χ2v) is 8.02. The largest absolute Gasteiger partial charge is 0.310 e. The van der Waals surface area contributed by atoms with Crippen molar-refractivity contribution in [3.63, 3.8) is 0 Å². The molecule has 23 heavy (non-hydrogen) atoms. The van der Waals surface area contributed by atoms with Crippen LogP contribution in [0.1, 0.15) is 27.7 Å². The fourth-order valence-corrected chi connectivity index (χ4v) is 4.56. The van der Waals surface area contributed by atoms with Crippen LogP contribution in [0.15, 0.2) is 34.7 Å². The van der Waals surface area contributed by atoms with Gasteiger partial charge in [-0.3, -0.25) is 4.79 Å². The van der Waals surface area contributed by atoms with Crippen molar-refractivity contribution < 1.29 is 13.2 Å². The predicted molar refractivity (Wildman–Crippen MR) is 92.3 cm³/mol. The number of benzene rings is 1. The van der Waals surface area contributed by atoms with Crippen LogP contribution in [0, 0.1) is 0 Å². The number of amides is 1. The van der Waals surface area contributed by atoms with Gasteiger partial charge in [-0.15, -0.1) is 0 Å². The predicted octanol–water partition coefficient (Wildman–Crippen LogP) is 3.05. The zero-order chi connectivity index (χ0) is 17.4. The Morgan fingerprint density at radius 1 is 1.35 bits per heavy atom. The third-order valence-corrected chi connectivity index (χ3v) is 6.05. The van der Waals surface area contributed by atoms with Gasteiger partial charge in [-0.05, 0) is 45.9 Å². The molecule has 1 amide bonds. The van der Waals surface area contributed by atoms with Crippen molar-refractivity contribution in [1.29, 1.82) is 0 Å².